The first-order chi connectivity index (χ1) is 9.75. The van der Waals surface area contributed by atoms with E-state index in [1.165, 1.54) is 36.8 Å². The van der Waals surface area contributed by atoms with Gasteiger partial charge in [0.05, 0.1) is 0 Å². The summed E-state index contributed by atoms with van der Waals surface area (Å²) in [7, 11) is 0. The Morgan fingerprint density at radius 1 is 0.600 bits per heavy atom. The summed E-state index contributed by atoms with van der Waals surface area (Å²) in [5.74, 6) is 0. The van der Waals surface area contributed by atoms with Crippen molar-refractivity contribution in [2.75, 3.05) is 0 Å². The highest BCUT2D eigenvalue weighted by Gasteiger charge is 2.26. The van der Waals surface area contributed by atoms with Crippen molar-refractivity contribution in [2.45, 2.75) is 39.5 Å². The lowest BCUT2D eigenvalue weighted by molar-refractivity contribution is 1.06. The predicted molar refractivity (Wildman–Crippen MR) is 85.8 cm³/mol. The van der Waals surface area contributed by atoms with Crippen LogP contribution in [0.15, 0.2) is 36.4 Å². The van der Waals surface area contributed by atoms with Crippen LogP contribution >= 0.6 is 0 Å². The Hall–Kier alpha value is -1.82. The first kappa shape index (κ1) is 12.0. The highest BCUT2D eigenvalue weighted by molar-refractivity contribution is 5.97. The van der Waals surface area contributed by atoms with Crippen LogP contribution in [0.25, 0.3) is 11.1 Å². The lowest BCUT2D eigenvalue weighted by Gasteiger charge is -2.12. The van der Waals surface area contributed by atoms with E-state index < -0.39 is 0 Å². The molecule has 4 rings (SSSR count). The van der Waals surface area contributed by atoms with Gasteiger partial charge in [0.25, 0.3) is 0 Å². The average molecular weight is 260 g/mol. The molecule has 0 radical (unpaired) electrons. The smallest absolute Gasteiger partial charge is 0.0160 e. The summed E-state index contributed by atoms with van der Waals surface area (Å²) in [5, 5.41) is 0. The number of aryl methyl sites for hydroxylation is 4. The molecule has 0 saturated heterocycles. The van der Waals surface area contributed by atoms with E-state index >= 15 is 0 Å². The van der Waals surface area contributed by atoms with Crippen LogP contribution in [0, 0.1) is 13.8 Å². The van der Waals surface area contributed by atoms with Crippen molar-refractivity contribution >= 4 is 11.1 Å². The first-order valence-corrected chi connectivity index (χ1v) is 7.65. The van der Waals surface area contributed by atoms with Crippen LogP contribution in [0.2, 0.25) is 0 Å². The van der Waals surface area contributed by atoms with Crippen molar-refractivity contribution in [3.63, 3.8) is 0 Å². The zero-order chi connectivity index (χ0) is 13.7. The lowest BCUT2D eigenvalue weighted by atomic mass is 9.92. The van der Waals surface area contributed by atoms with Crippen LogP contribution < -0.4 is 0 Å². The second kappa shape index (κ2) is 4.34. The highest BCUT2D eigenvalue weighted by Crippen LogP contribution is 2.45. The molecule has 0 spiro atoms. The first-order valence-electron chi connectivity index (χ1n) is 7.65. The molecule has 2 aliphatic carbocycles. The Morgan fingerprint density at radius 3 is 1.50 bits per heavy atom. The summed E-state index contributed by atoms with van der Waals surface area (Å²) in [6, 6.07) is 13.6. The van der Waals surface area contributed by atoms with Gasteiger partial charge < -0.3 is 0 Å². The van der Waals surface area contributed by atoms with Gasteiger partial charge in [-0.1, -0.05) is 36.4 Å². The summed E-state index contributed by atoms with van der Waals surface area (Å²) >= 11 is 0. The Kier molecular flexibility index (Phi) is 2.60. The molecule has 0 heteroatoms. The van der Waals surface area contributed by atoms with Gasteiger partial charge >= 0.3 is 0 Å². The summed E-state index contributed by atoms with van der Waals surface area (Å²) in [4.78, 5) is 0. The van der Waals surface area contributed by atoms with Gasteiger partial charge in [0.15, 0.2) is 0 Å². The van der Waals surface area contributed by atoms with Crippen LogP contribution in [0.1, 0.15) is 46.2 Å². The van der Waals surface area contributed by atoms with Crippen LogP contribution in [0.4, 0.5) is 0 Å². The number of fused-ring (bicyclic) bond motifs is 2. The average Bonchev–Trinajstić information content (AvgIpc) is 3.03. The van der Waals surface area contributed by atoms with Gasteiger partial charge in [-0.05, 0) is 84.1 Å². The largest absolute Gasteiger partial charge is 0.0617 e. The number of rotatable bonds is 0. The van der Waals surface area contributed by atoms with Crippen LogP contribution in [-0.4, -0.2) is 0 Å². The molecule has 0 nitrogen and oxygen atoms in total. The minimum atomic E-state index is 1.22. The van der Waals surface area contributed by atoms with E-state index in [2.05, 4.69) is 50.2 Å². The molecule has 20 heavy (non-hydrogen) atoms. The van der Waals surface area contributed by atoms with Gasteiger partial charge in [-0.3, -0.25) is 0 Å². The molecule has 0 unspecified atom stereocenters. The molecule has 0 bridgehead atoms. The summed E-state index contributed by atoms with van der Waals surface area (Å²) < 4.78 is 0. The molecule has 0 heterocycles. The highest BCUT2D eigenvalue weighted by atomic mass is 14.3. The van der Waals surface area contributed by atoms with Gasteiger partial charge in [0, 0.05) is 0 Å². The molecule has 0 aliphatic heterocycles. The fraction of sp³-hybridized carbons (Fsp3) is 0.300. The fourth-order valence-corrected chi connectivity index (χ4v) is 4.11. The molecular weight excluding hydrogens is 240 g/mol. The number of allylic oxidation sites excluding steroid dienone is 2. The van der Waals surface area contributed by atoms with Crippen molar-refractivity contribution < 1.29 is 0 Å². The molecule has 100 valence electrons. The molecule has 2 aromatic carbocycles. The standard InChI is InChI=1S/C20H20/c1-13-5-3-7-15-9-11-17(19(13)15)18-12-10-16-8-4-6-14(2)20(16)18/h3-8H,9-12H2,1-2H3/b18-17+. The molecule has 0 amide bonds. The van der Waals surface area contributed by atoms with Crippen LogP contribution in [0.5, 0.6) is 0 Å². The topological polar surface area (TPSA) is 0 Å². The maximum atomic E-state index is 2.31. The molecule has 2 aromatic rings. The second-order valence-electron chi connectivity index (χ2n) is 6.18. The molecule has 0 atom stereocenters. The third-order valence-electron chi connectivity index (χ3n) is 4.97. The van der Waals surface area contributed by atoms with Gasteiger partial charge in [-0.2, -0.15) is 0 Å². The van der Waals surface area contributed by atoms with Crippen LogP contribution in [-0.2, 0) is 12.8 Å². The third-order valence-corrected chi connectivity index (χ3v) is 4.97. The van der Waals surface area contributed by atoms with Gasteiger partial charge in [0.2, 0.25) is 0 Å². The molecule has 0 fully saturated rings. The molecule has 0 aromatic heterocycles. The number of benzene rings is 2. The van der Waals surface area contributed by atoms with E-state index in [0.29, 0.717) is 0 Å². The number of hydrogen-bond donors (Lipinski definition) is 0. The van der Waals surface area contributed by atoms with Crippen molar-refractivity contribution in [1.82, 2.24) is 0 Å². The molecule has 0 saturated carbocycles. The van der Waals surface area contributed by atoms with E-state index in [1.807, 2.05) is 0 Å². The minimum Gasteiger partial charge on any atom is -0.0617 e. The number of hydrogen-bond acceptors (Lipinski definition) is 0. The molecular formula is C20H20. The van der Waals surface area contributed by atoms with E-state index in [-0.39, 0.29) is 0 Å². The molecule has 0 N–H and O–H groups in total. The molecule has 2 aliphatic rings. The quantitative estimate of drug-likeness (QED) is 0.617. The van der Waals surface area contributed by atoms with Crippen molar-refractivity contribution in [2.24, 2.45) is 0 Å². The second-order valence-corrected chi connectivity index (χ2v) is 6.18. The maximum Gasteiger partial charge on any atom is -0.0160 e. The van der Waals surface area contributed by atoms with E-state index in [4.69, 9.17) is 0 Å². The van der Waals surface area contributed by atoms with E-state index in [1.54, 1.807) is 33.4 Å². The summed E-state index contributed by atoms with van der Waals surface area (Å²) in [6.45, 7) is 4.52. The lowest BCUT2D eigenvalue weighted by Crippen LogP contribution is -1.91. The van der Waals surface area contributed by atoms with Crippen molar-refractivity contribution in [3.05, 3.63) is 69.8 Å². The third kappa shape index (κ3) is 1.61. The Morgan fingerprint density at radius 2 is 1.05 bits per heavy atom. The maximum absolute atomic E-state index is 2.31. The van der Waals surface area contributed by atoms with Gasteiger partial charge in [0.1, 0.15) is 0 Å². The Bertz CT molecular complexity index is 668. The van der Waals surface area contributed by atoms with Crippen LogP contribution in [0.3, 0.4) is 0 Å². The summed E-state index contributed by atoms with van der Waals surface area (Å²) in [6.07, 6.45) is 4.89. The van der Waals surface area contributed by atoms with E-state index in [9.17, 15) is 0 Å². The SMILES string of the molecule is Cc1cccc2c1/C(=C1\CCc3cccc(C)c31)CC2. The normalized spacial score (nSPS) is 20.1. The Balaban J connectivity index is 1.98. The van der Waals surface area contributed by atoms with E-state index in [0.717, 1.165) is 0 Å². The van der Waals surface area contributed by atoms with Crippen molar-refractivity contribution in [3.8, 4) is 0 Å². The summed E-state index contributed by atoms with van der Waals surface area (Å²) in [5.41, 5.74) is 12.4. The van der Waals surface area contributed by atoms with Gasteiger partial charge in [-0.25, -0.2) is 0 Å². The predicted octanol–water partition coefficient (Wildman–Crippen LogP) is 5.11. The van der Waals surface area contributed by atoms with Crippen molar-refractivity contribution in [1.29, 1.82) is 0 Å². The monoisotopic (exact) mass is 260 g/mol. The fourth-order valence-electron chi connectivity index (χ4n) is 4.11. The zero-order valence-corrected chi connectivity index (χ0v) is 12.3. The zero-order valence-electron chi connectivity index (χ0n) is 12.3. The Labute approximate surface area is 121 Å². The minimum absolute atomic E-state index is 1.22. The van der Waals surface area contributed by atoms with Gasteiger partial charge in [-0.15, -0.1) is 0 Å².